The van der Waals surface area contributed by atoms with Crippen molar-refractivity contribution in [1.82, 2.24) is 4.90 Å². The van der Waals surface area contributed by atoms with E-state index in [9.17, 15) is 13.2 Å². The van der Waals surface area contributed by atoms with Crippen LogP contribution in [0.25, 0.3) is 0 Å². The first-order valence-electron chi connectivity index (χ1n) is 6.91. The molecule has 0 heterocycles. The van der Waals surface area contributed by atoms with Crippen LogP contribution in [0.1, 0.15) is 37.0 Å². The summed E-state index contributed by atoms with van der Waals surface area (Å²) in [5, 5.41) is 0. The molecule has 7 heteroatoms. The molecule has 2 rings (SSSR count). The van der Waals surface area contributed by atoms with Gasteiger partial charge < -0.3 is 9.64 Å². The monoisotopic (exact) mass is 331 g/mol. The Balaban J connectivity index is 2.39. The molecule has 1 saturated carbocycles. The lowest BCUT2D eigenvalue weighted by molar-refractivity contribution is 0.0752. The van der Waals surface area contributed by atoms with Crippen molar-refractivity contribution in [3.63, 3.8) is 0 Å². The lowest BCUT2D eigenvalue weighted by Crippen LogP contribution is -2.32. The van der Waals surface area contributed by atoms with Crippen LogP contribution >= 0.6 is 10.7 Å². The fourth-order valence-electron chi connectivity index (χ4n) is 2.23. The number of carbonyl (C=O) groups excluding carboxylic acids is 1. The van der Waals surface area contributed by atoms with Crippen molar-refractivity contribution in [2.75, 3.05) is 13.2 Å². The van der Waals surface area contributed by atoms with Gasteiger partial charge >= 0.3 is 0 Å². The fourth-order valence-corrected chi connectivity index (χ4v) is 3.22. The van der Waals surface area contributed by atoms with Crippen molar-refractivity contribution in [2.45, 2.75) is 37.6 Å². The van der Waals surface area contributed by atoms with Gasteiger partial charge in [-0.05, 0) is 44.9 Å². The van der Waals surface area contributed by atoms with Crippen LogP contribution in [0.2, 0.25) is 0 Å². The average molecular weight is 332 g/mol. The summed E-state index contributed by atoms with van der Waals surface area (Å²) in [7, 11) is 1.46. The van der Waals surface area contributed by atoms with Crippen LogP contribution in [0, 0.1) is 0 Å². The molecule has 0 saturated heterocycles. The molecule has 116 valence electrons. The second-order valence-corrected chi connectivity index (χ2v) is 7.39. The molecule has 1 aliphatic carbocycles. The van der Waals surface area contributed by atoms with Crippen molar-refractivity contribution in [1.29, 1.82) is 0 Å². The van der Waals surface area contributed by atoms with Crippen LogP contribution < -0.4 is 4.74 Å². The quantitative estimate of drug-likeness (QED) is 0.752. The third-order valence-corrected chi connectivity index (χ3v) is 4.69. The van der Waals surface area contributed by atoms with Gasteiger partial charge in [0, 0.05) is 28.8 Å². The summed E-state index contributed by atoms with van der Waals surface area (Å²) in [5.41, 5.74) is 0.312. The van der Waals surface area contributed by atoms with E-state index in [-0.39, 0.29) is 22.6 Å². The number of nitrogens with zero attached hydrogens (tertiary/aromatic N) is 1. The van der Waals surface area contributed by atoms with Gasteiger partial charge in [-0.3, -0.25) is 4.79 Å². The second-order valence-electron chi connectivity index (χ2n) is 4.85. The second kappa shape index (κ2) is 6.23. The van der Waals surface area contributed by atoms with Crippen LogP contribution in [-0.2, 0) is 9.05 Å². The molecule has 21 heavy (non-hydrogen) atoms. The maximum absolute atomic E-state index is 12.5. The zero-order valence-corrected chi connectivity index (χ0v) is 13.6. The molecule has 0 unspecified atom stereocenters. The van der Waals surface area contributed by atoms with Gasteiger partial charge in [0.25, 0.3) is 15.0 Å². The molecule has 0 atom stereocenters. The van der Waals surface area contributed by atoms with E-state index in [4.69, 9.17) is 15.4 Å². The number of rotatable bonds is 6. The van der Waals surface area contributed by atoms with Gasteiger partial charge in [0.1, 0.15) is 10.6 Å². The Bertz CT molecular complexity index is 640. The van der Waals surface area contributed by atoms with E-state index in [2.05, 4.69) is 0 Å². The fraction of sp³-hybridized carbons (Fsp3) is 0.500. The van der Waals surface area contributed by atoms with E-state index in [0.29, 0.717) is 18.7 Å². The minimum Gasteiger partial charge on any atom is -0.492 e. The van der Waals surface area contributed by atoms with E-state index >= 15 is 0 Å². The molecular formula is C14H18ClNO4S. The molecule has 1 aromatic carbocycles. The number of halogens is 1. The lowest BCUT2D eigenvalue weighted by Gasteiger charge is -2.21. The van der Waals surface area contributed by atoms with E-state index < -0.39 is 9.05 Å². The highest BCUT2D eigenvalue weighted by atomic mass is 35.7. The van der Waals surface area contributed by atoms with Gasteiger partial charge in [-0.1, -0.05) is 0 Å². The summed E-state index contributed by atoms with van der Waals surface area (Å²) in [6, 6.07) is 4.61. The highest BCUT2D eigenvalue weighted by Gasteiger charge is 2.32. The normalized spacial score (nSPS) is 14.8. The molecule has 1 fully saturated rings. The number of benzene rings is 1. The third-order valence-electron chi connectivity index (χ3n) is 3.34. The SMILES string of the molecule is CCOc1ccc(C(=O)N(CC)C2CC2)cc1S(=O)(=O)Cl. The molecule has 0 N–H and O–H groups in total. The van der Waals surface area contributed by atoms with Crippen LogP contribution in [-0.4, -0.2) is 38.4 Å². The number of amides is 1. The highest BCUT2D eigenvalue weighted by molar-refractivity contribution is 8.13. The molecule has 0 radical (unpaired) electrons. The van der Waals surface area contributed by atoms with Gasteiger partial charge in [0.15, 0.2) is 0 Å². The van der Waals surface area contributed by atoms with Gasteiger partial charge in [-0.25, -0.2) is 8.42 Å². The molecule has 1 aliphatic rings. The smallest absolute Gasteiger partial charge is 0.265 e. The van der Waals surface area contributed by atoms with Crippen molar-refractivity contribution in [2.24, 2.45) is 0 Å². The zero-order chi connectivity index (χ0) is 15.6. The Kier molecular flexibility index (Phi) is 4.78. The molecule has 1 aromatic rings. The minimum absolute atomic E-state index is 0.163. The number of ether oxygens (including phenoxy) is 1. The van der Waals surface area contributed by atoms with Gasteiger partial charge in [-0.2, -0.15) is 0 Å². The summed E-state index contributed by atoms with van der Waals surface area (Å²) in [6.45, 7) is 4.56. The largest absolute Gasteiger partial charge is 0.492 e. The molecule has 0 bridgehead atoms. The molecule has 5 nitrogen and oxygen atoms in total. The van der Waals surface area contributed by atoms with E-state index in [1.54, 1.807) is 17.9 Å². The first-order chi connectivity index (χ1) is 9.88. The number of carbonyl (C=O) groups is 1. The van der Waals surface area contributed by atoms with Crippen molar-refractivity contribution in [3.8, 4) is 5.75 Å². The molecule has 0 aromatic heterocycles. The Morgan fingerprint density at radius 2 is 2.05 bits per heavy atom. The topological polar surface area (TPSA) is 63.7 Å². The number of hydrogen-bond acceptors (Lipinski definition) is 4. The Labute approximate surface area is 129 Å². The van der Waals surface area contributed by atoms with Crippen molar-refractivity contribution in [3.05, 3.63) is 23.8 Å². The lowest BCUT2D eigenvalue weighted by atomic mass is 10.2. The van der Waals surface area contributed by atoms with E-state index in [1.807, 2.05) is 6.92 Å². The Morgan fingerprint density at radius 3 is 2.52 bits per heavy atom. The standard InChI is InChI=1S/C14H18ClNO4S/c1-3-16(11-6-7-11)14(17)10-5-8-12(20-4-2)13(9-10)21(15,18)19/h5,8-9,11H,3-4,6-7H2,1-2H3. The summed E-state index contributed by atoms with van der Waals surface area (Å²) in [4.78, 5) is 14.0. The predicted octanol–water partition coefficient (Wildman–Crippen LogP) is 2.64. The van der Waals surface area contributed by atoms with Crippen molar-refractivity contribution < 1.29 is 17.9 Å². The van der Waals surface area contributed by atoms with Crippen LogP contribution in [0.3, 0.4) is 0 Å². The minimum atomic E-state index is -3.97. The summed E-state index contributed by atoms with van der Waals surface area (Å²) in [6.07, 6.45) is 1.99. The first kappa shape index (κ1) is 16.1. The number of hydrogen-bond donors (Lipinski definition) is 0. The Hall–Kier alpha value is -1.27. The summed E-state index contributed by atoms with van der Waals surface area (Å²) < 4.78 is 28.6. The summed E-state index contributed by atoms with van der Waals surface area (Å²) >= 11 is 0. The predicted molar refractivity (Wildman–Crippen MR) is 80.4 cm³/mol. The first-order valence-corrected chi connectivity index (χ1v) is 9.21. The molecule has 1 amide bonds. The van der Waals surface area contributed by atoms with Crippen LogP contribution in [0.15, 0.2) is 23.1 Å². The molecular weight excluding hydrogens is 314 g/mol. The molecule has 0 spiro atoms. The third kappa shape index (κ3) is 3.68. The van der Waals surface area contributed by atoms with Crippen LogP contribution in [0.5, 0.6) is 5.75 Å². The van der Waals surface area contributed by atoms with Gasteiger partial charge in [-0.15, -0.1) is 0 Å². The van der Waals surface area contributed by atoms with Gasteiger partial charge in [0.05, 0.1) is 6.61 Å². The summed E-state index contributed by atoms with van der Waals surface area (Å²) in [5.74, 6) is -0.0110. The zero-order valence-electron chi connectivity index (χ0n) is 12.0. The molecule has 0 aliphatic heterocycles. The maximum Gasteiger partial charge on any atom is 0.265 e. The van der Waals surface area contributed by atoms with E-state index in [1.165, 1.54) is 12.1 Å². The average Bonchev–Trinajstić information content (AvgIpc) is 3.23. The van der Waals surface area contributed by atoms with Crippen LogP contribution in [0.4, 0.5) is 0 Å². The highest BCUT2D eigenvalue weighted by Crippen LogP contribution is 2.31. The van der Waals surface area contributed by atoms with Crippen molar-refractivity contribution >= 4 is 25.6 Å². The van der Waals surface area contributed by atoms with E-state index in [0.717, 1.165) is 12.8 Å². The Morgan fingerprint density at radius 1 is 1.38 bits per heavy atom. The van der Waals surface area contributed by atoms with Gasteiger partial charge in [0.2, 0.25) is 0 Å². The maximum atomic E-state index is 12.5.